The van der Waals surface area contributed by atoms with E-state index in [1.54, 1.807) is 10.7 Å². The first kappa shape index (κ1) is 15.9. The Labute approximate surface area is 136 Å². The van der Waals surface area contributed by atoms with Crippen molar-refractivity contribution < 1.29 is 4.79 Å². The number of aryl methyl sites for hydroxylation is 1. The van der Waals surface area contributed by atoms with E-state index in [1.807, 2.05) is 19.2 Å². The zero-order valence-corrected chi connectivity index (χ0v) is 14.1. The van der Waals surface area contributed by atoms with Crippen molar-refractivity contribution in [3.05, 3.63) is 29.7 Å². The molecule has 0 saturated carbocycles. The summed E-state index contributed by atoms with van der Waals surface area (Å²) in [5.41, 5.74) is 1.92. The normalized spacial score (nSPS) is 19.4. The molecule has 23 heavy (non-hydrogen) atoms. The van der Waals surface area contributed by atoms with Gasteiger partial charge in [-0.3, -0.25) is 4.79 Å². The zero-order chi connectivity index (χ0) is 16.4. The summed E-state index contributed by atoms with van der Waals surface area (Å²) < 4.78 is 1.66. The molecule has 1 unspecified atom stereocenters. The van der Waals surface area contributed by atoms with Crippen molar-refractivity contribution in [3.8, 4) is 0 Å². The van der Waals surface area contributed by atoms with Gasteiger partial charge in [-0.05, 0) is 52.1 Å². The van der Waals surface area contributed by atoms with Gasteiger partial charge in [-0.2, -0.15) is 5.10 Å². The van der Waals surface area contributed by atoms with Crippen molar-refractivity contribution in [2.24, 2.45) is 5.92 Å². The average Bonchev–Trinajstić information content (AvgIpc) is 2.88. The maximum absolute atomic E-state index is 12.6. The van der Waals surface area contributed by atoms with Crippen LogP contribution in [-0.4, -0.2) is 51.1 Å². The Morgan fingerprint density at radius 1 is 1.48 bits per heavy atom. The number of hydrogen-bond acceptors (Lipinski definition) is 4. The number of likely N-dealkylation sites (tertiary alicyclic amines) is 1. The van der Waals surface area contributed by atoms with Gasteiger partial charge in [0.2, 0.25) is 0 Å². The fourth-order valence-electron chi connectivity index (χ4n) is 3.32. The molecule has 0 spiro atoms. The van der Waals surface area contributed by atoms with E-state index in [0.717, 1.165) is 6.54 Å². The SMILES string of the molecule is Cc1nn2cccnc2c1C(=O)NCC1CCCN(C(C)C)C1. The number of carbonyl (C=O) groups is 1. The number of amides is 1. The van der Waals surface area contributed by atoms with Crippen molar-refractivity contribution in [2.75, 3.05) is 19.6 Å². The molecular formula is C17H25N5O. The van der Waals surface area contributed by atoms with Crippen LogP contribution in [0.5, 0.6) is 0 Å². The Morgan fingerprint density at radius 3 is 3.09 bits per heavy atom. The second kappa shape index (κ2) is 6.66. The third kappa shape index (κ3) is 3.37. The fraction of sp³-hybridized carbons (Fsp3) is 0.588. The van der Waals surface area contributed by atoms with E-state index >= 15 is 0 Å². The molecule has 124 valence electrons. The van der Waals surface area contributed by atoms with Crippen LogP contribution in [0.15, 0.2) is 18.5 Å². The molecule has 3 heterocycles. The quantitative estimate of drug-likeness (QED) is 0.936. The van der Waals surface area contributed by atoms with E-state index in [-0.39, 0.29) is 5.91 Å². The Hall–Kier alpha value is -1.95. The molecule has 6 heteroatoms. The van der Waals surface area contributed by atoms with Crippen LogP contribution in [0.1, 0.15) is 42.7 Å². The highest BCUT2D eigenvalue weighted by molar-refractivity contribution is 6.00. The Kier molecular flexibility index (Phi) is 4.61. The molecule has 3 rings (SSSR count). The first-order valence-electron chi connectivity index (χ1n) is 8.38. The molecule has 2 aromatic rings. The number of nitrogens with zero attached hydrogens (tertiary/aromatic N) is 4. The van der Waals surface area contributed by atoms with Crippen LogP contribution >= 0.6 is 0 Å². The van der Waals surface area contributed by atoms with Crippen LogP contribution in [0, 0.1) is 12.8 Å². The van der Waals surface area contributed by atoms with E-state index in [2.05, 4.69) is 34.1 Å². The van der Waals surface area contributed by atoms with Gasteiger partial charge in [-0.1, -0.05) is 0 Å². The van der Waals surface area contributed by atoms with E-state index in [0.29, 0.717) is 35.4 Å². The number of piperidine rings is 1. The van der Waals surface area contributed by atoms with Crippen LogP contribution in [0.2, 0.25) is 0 Å². The topological polar surface area (TPSA) is 62.5 Å². The zero-order valence-electron chi connectivity index (χ0n) is 14.1. The minimum Gasteiger partial charge on any atom is -0.352 e. The van der Waals surface area contributed by atoms with E-state index in [1.165, 1.54) is 19.4 Å². The van der Waals surface area contributed by atoms with Crippen molar-refractivity contribution in [2.45, 2.75) is 39.7 Å². The molecule has 1 aliphatic heterocycles. The van der Waals surface area contributed by atoms with Gasteiger partial charge in [0.05, 0.1) is 5.69 Å². The summed E-state index contributed by atoms with van der Waals surface area (Å²) in [6, 6.07) is 2.38. The van der Waals surface area contributed by atoms with E-state index in [9.17, 15) is 4.79 Å². The number of aromatic nitrogens is 3. The van der Waals surface area contributed by atoms with Crippen LogP contribution in [-0.2, 0) is 0 Å². The molecule has 1 atom stereocenters. The summed E-state index contributed by atoms with van der Waals surface area (Å²) >= 11 is 0. The molecular weight excluding hydrogens is 290 g/mol. The number of rotatable bonds is 4. The summed E-state index contributed by atoms with van der Waals surface area (Å²) in [7, 11) is 0. The largest absolute Gasteiger partial charge is 0.352 e. The fourth-order valence-corrected chi connectivity index (χ4v) is 3.32. The van der Waals surface area contributed by atoms with Gasteiger partial charge in [0.15, 0.2) is 5.65 Å². The second-order valence-electron chi connectivity index (χ2n) is 6.66. The first-order chi connectivity index (χ1) is 11.1. The maximum atomic E-state index is 12.6. The smallest absolute Gasteiger partial charge is 0.257 e. The molecule has 1 N–H and O–H groups in total. The van der Waals surface area contributed by atoms with Crippen LogP contribution < -0.4 is 5.32 Å². The van der Waals surface area contributed by atoms with Gasteiger partial charge < -0.3 is 10.2 Å². The molecule has 0 bridgehead atoms. The predicted molar refractivity (Wildman–Crippen MR) is 89.5 cm³/mol. The summed E-state index contributed by atoms with van der Waals surface area (Å²) in [6.07, 6.45) is 5.88. The highest BCUT2D eigenvalue weighted by Crippen LogP contribution is 2.18. The lowest BCUT2D eigenvalue weighted by Crippen LogP contribution is -2.43. The van der Waals surface area contributed by atoms with Crippen LogP contribution in [0.4, 0.5) is 0 Å². The summed E-state index contributed by atoms with van der Waals surface area (Å²) in [6.45, 7) is 9.25. The van der Waals surface area contributed by atoms with Gasteiger partial charge in [-0.25, -0.2) is 9.50 Å². The molecule has 0 radical (unpaired) electrons. The number of hydrogen-bond donors (Lipinski definition) is 1. The highest BCUT2D eigenvalue weighted by atomic mass is 16.1. The van der Waals surface area contributed by atoms with Gasteiger partial charge in [0.25, 0.3) is 5.91 Å². The summed E-state index contributed by atoms with van der Waals surface area (Å²) in [4.78, 5) is 19.4. The van der Waals surface area contributed by atoms with Gasteiger partial charge in [0.1, 0.15) is 5.56 Å². The van der Waals surface area contributed by atoms with E-state index < -0.39 is 0 Å². The molecule has 0 aromatic carbocycles. The van der Waals surface area contributed by atoms with Crippen LogP contribution in [0.3, 0.4) is 0 Å². The molecule has 0 aliphatic carbocycles. The number of nitrogens with one attached hydrogen (secondary N) is 1. The Balaban J connectivity index is 1.66. The lowest BCUT2D eigenvalue weighted by Gasteiger charge is -2.35. The van der Waals surface area contributed by atoms with Crippen molar-refractivity contribution >= 4 is 11.6 Å². The molecule has 1 aliphatic rings. The average molecular weight is 315 g/mol. The second-order valence-corrected chi connectivity index (χ2v) is 6.66. The number of carbonyl (C=O) groups excluding carboxylic acids is 1. The Bertz CT molecular complexity index is 693. The standard InChI is InChI=1S/C17H25N5O/c1-12(2)21-8-4-6-14(11-21)10-19-17(23)15-13(3)20-22-9-5-7-18-16(15)22/h5,7,9,12,14H,4,6,8,10-11H2,1-3H3,(H,19,23). The lowest BCUT2D eigenvalue weighted by atomic mass is 9.97. The molecule has 1 amide bonds. The van der Waals surface area contributed by atoms with Gasteiger partial charge in [-0.15, -0.1) is 0 Å². The predicted octanol–water partition coefficient (Wildman–Crippen LogP) is 1.89. The molecule has 6 nitrogen and oxygen atoms in total. The molecule has 1 fully saturated rings. The third-order valence-electron chi connectivity index (χ3n) is 4.63. The van der Waals surface area contributed by atoms with Crippen molar-refractivity contribution in [1.82, 2.24) is 24.8 Å². The molecule has 2 aromatic heterocycles. The highest BCUT2D eigenvalue weighted by Gasteiger charge is 2.23. The molecule has 1 saturated heterocycles. The lowest BCUT2D eigenvalue weighted by molar-refractivity contribution is 0.0923. The van der Waals surface area contributed by atoms with Crippen molar-refractivity contribution in [3.63, 3.8) is 0 Å². The first-order valence-corrected chi connectivity index (χ1v) is 8.38. The minimum absolute atomic E-state index is 0.0714. The third-order valence-corrected chi connectivity index (χ3v) is 4.63. The maximum Gasteiger partial charge on any atom is 0.257 e. The Morgan fingerprint density at radius 2 is 2.30 bits per heavy atom. The summed E-state index contributed by atoms with van der Waals surface area (Å²) in [5.74, 6) is 0.447. The monoisotopic (exact) mass is 315 g/mol. The van der Waals surface area contributed by atoms with Crippen LogP contribution in [0.25, 0.3) is 5.65 Å². The minimum atomic E-state index is -0.0714. The summed E-state index contributed by atoms with van der Waals surface area (Å²) in [5, 5.41) is 7.44. The van der Waals surface area contributed by atoms with Gasteiger partial charge in [0, 0.05) is 31.5 Å². The van der Waals surface area contributed by atoms with Crippen molar-refractivity contribution in [1.29, 1.82) is 0 Å². The van der Waals surface area contributed by atoms with Gasteiger partial charge >= 0.3 is 0 Å². The number of fused-ring (bicyclic) bond motifs is 1. The van der Waals surface area contributed by atoms with E-state index in [4.69, 9.17) is 0 Å².